The predicted molar refractivity (Wildman–Crippen MR) is 241 cm³/mol. The molecular weight excluding hydrogens is 679 g/mol. The standard InChI is InChI=1S/C53H47N3/c1-37-16-12-13-24-44(37)52-38(2)17-14-25-45(52)40-28-30-43(31-29-40)56(42-22-10-5-11-23-42)50-27-15-26-46-47-34-35-51(53(54)49(47)33-32-48(46)50)55(41-20-8-4-9-21-41)36-39-18-6-3-7-19-39/h4-6,8-13,15-16,18-35H,3,7,14,17,36,54H2,1-2H3. The number of anilines is 6. The lowest BCUT2D eigenvalue weighted by atomic mass is 9.82. The van der Waals surface area contributed by atoms with Gasteiger partial charge in [-0.1, -0.05) is 133 Å². The van der Waals surface area contributed by atoms with Crippen molar-refractivity contribution in [2.75, 3.05) is 22.1 Å². The minimum atomic E-state index is 0.763. The van der Waals surface area contributed by atoms with Gasteiger partial charge in [0.15, 0.2) is 0 Å². The summed E-state index contributed by atoms with van der Waals surface area (Å²) in [5.41, 5.74) is 22.8. The van der Waals surface area contributed by atoms with E-state index in [-0.39, 0.29) is 0 Å². The number of fused-ring (bicyclic) bond motifs is 3. The smallest absolute Gasteiger partial charge is 0.0654 e. The van der Waals surface area contributed by atoms with Crippen molar-refractivity contribution >= 4 is 66.8 Å². The molecule has 2 aliphatic carbocycles. The van der Waals surface area contributed by atoms with Crippen LogP contribution in [-0.2, 0) is 0 Å². The summed E-state index contributed by atoms with van der Waals surface area (Å²) >= 11 is 0. The van der Waals surface area contributed by atoms with Crippen molar-refractivity contribution < 1.29 is 0 Å². The van der Waals surface area contributed by atoms with Crippen LogP contribution in [0.15, 0.2) is 187 Å². The van der Waals surface area contributed by atoms with Crippen molar-refractivity contribution in [1.82, 2.24) is 0 Å². The molecule has 0 saturated carbocycles. The minimum absolute atomic E-state index is 0.763. The molecule has 56 heavy (non-hydrogen) atoms. The second-order valence-electron chi connectivity index (χ2n) is 15.1. The van der Waals surface area contributed by atoms with Crippen LogP contribution in [0.5, 0.6) is 0 Å². The molecule has 3 heteroatoms. The molecule has 0 radical (unpaired) electrons. The predicted octanol–water partition coefficient (Wildman–Crippen LogP) is 14.4. The van der Waals surface area contributed by atoms with E-state index in [0.717, 1.165) is 77.1 Å². The highest BCUT2D eigenvalue weighted by molar-refractivity contribution is 6.17. The lowest BCUT2D eigenvalue weighted by Crippen LogP contribution is -2.21. The second-order valence-corrected chi connectivity index (χ2v) is 15.1. The Bertz CT molecular complexity index is 2680. The van der Waals surface area contributed by atoms with E-state index in [4.69, 9.17) is 5.73 Å². The number of hydrogen-bond donors (Lipinski definition) is 1. The van der Waals surface area contributed by atoms with E-state index in [2.05, 4.69) is 200 Å². The number of aryl methyl sites for hydroxylation is 1. The van der Waals surface area contributed by atoms with Gasteiger partial charge in [-0.05, 0) is 132 Å². The Hall–Kier alpha value is -6.58. The number of hydrogen-bond acceptors (Lipinski definition) is 3. The van der Waals surface area contributed by atoms with Crippen LogP contribution < -0.4 is 15.5 Å². The summed E-state index contributed by atoms with van der Waals surface area (Å²) in [5, 5.41) is 4.56. The Labute approximate surface area is 331 Å². The quantitative estimate of drug-likeness (QED) is 0.119. The van der Waals surface area contributed by atoms with Crippen LogP contribution in [0.3, 0.4) is 0 Å². The maximum absolute atomic E-state index is 7.18. The number of para-hydroxylation sites is 2. The van der Waals surface area contributed by atoms with Gasteiger partial charge in [0.1, 0.15) is 0 Å². The molecule has 9 rings (SSSR count). The monoisotopic (exact) mass is 725 g/mol. The highest BCUT2D eigenvalue weighted by Crippen LogP contribution is 2.45. The molecule has 0 heterocycles. The molecule has 0 unspecified atom stereocenters. The molecule has 0 fully saturated rings. The van der Waals surface area contributed by atoms with Crippen LogP contribution in [0.4, 0.5) is 34.1 Å². The molecule has 0 saturated heterocycles. The zero-order chi connectivity index (χ0) is 38.0. The van der Waals surface area contributed by atoms with Gasteiger partial charge in [0.2, 0.25) is 0 Å². The fourth-order valence-electron chi connectivity index (χ4n) is 8.67. The Kier molecular flexibility index (Phi) is 9.59. The lowest BCUT2D eigenvalue weighted by molar-refractivity contribution is 0.970. The van der Waals surface area contributed by atoms with Gasteiger partial charge in [-0.25, -0.2) is 0 Å². The summed E-state index contributed by atoms with van der Waals surface area (Å²) in [6.45, 7) is 5.28. The molecule has 274 valence electrons. The third-order valence-corrected chi connectivity index (χ3v) is 11.5. The third-order valence-electron chi connectivity index (χ3n) is 11.5. The van der Waals surface area contributed by atoms with E-state index in [1.807, 2.05) is 0 Å². The molecule has 0 spiro atoms. The van der Waals surface area contributed by atoms with Crippen molar-refractivity contribution in [1.29, 1.82) is 0 Å². The molecule has 0 aliphatic heterocycles. The zero-order valence-electron chi connectivity index (χ0n) is 32.3. The lowest BCUT2D eigenvalue weighted by Gasteiger charge is -2.29. The van der Waals surface area contributed by atoms with Crippen molar-refractivity contribution in [2.45, 2.75) is 39.5 Å². The van der Waals surface area contributed by atoms with Gasteiger partial charge < -0.3 is 15.5 Å². The van der Waals surface area contributed by atoms with Gasteiger partial charge in [-0.15, -0.1) is 0 Å². The Balaban J connectivity index is 1.13. The first-order chi connectivity index (χ1) is 27.5. The zero-order valence-corrected chi connectivity index (χ0v) is 32.3. The summed E-state index contributed by atoms with van der Waals surface area (Å²) in [6, 6.07) is 54.8. The van der Waals surface area contributed by atoms with Gasteiger partial charge >= 0.3 is 0 Å². The number of benzene rings is 7. The molecule has 0 atom stereocenters. The topological polar surface area (TPSA) is 32.5 Å². The van der Waals surface area contributed by atoms with Crippen LogP contribution in [0.2, 0.25) is 0 Å². The van der Waals surface area contributed by atoms with Gasteiger partial charge in [0, 0.05) is 34.4 Å². The number of nitrogen functional groups attached to an aromatic ring is 1. The van der Waals surface area contributed by atoms with Gasteiger partial charge in [-0.2, -0.15) is 0 Å². The number of allylic oxidation sites excluding steroid dienone is 6. The molecule has 3 nitrogen and oxygen atoms in total. The molecule has 0 bridgehead atoms. The Morgan fingerprint density at radius 2 is 1.21 bits per heavy atom. The first-order valence-electron chi connectivity index (χ1n) is 19.9. The van der Waals surface area contributed by atoms with Crippen molar-refractivity contribution in [3.8, 4) is 0 Å². The van der Waals surface area contributed by atoms with Crippen molar-refractivity contribution in [3.63, 3.8) is 0 Å². The fourth-order valence-corrected chi connectivity index (χ4v) is 8.67. The first kappa shape index (κ1) is 35.1. The van der Waals surface area contributed by atoms with Crippen LogP contribution in [0.25, 0.3) is 32.7 Å². The van der Waals surface area contributed by atoms with E-state index in [0.29, 0.717) is 0 Å². The third kappa shape index (κ3) is 6.60. The maximum Gasteiger partial charge on any atom is 0.0654 e. The first-order valence-corrected chi connectivity index (χ1v) is 19.9. The van der Waals surface area contributed by atoms with Crippen molar-refractivity contribution in [3.05, 3.63) is 204 Å². The van der Waals surface area contributed by atoms with E-state index in [1.54, 1.807) is 0 Å². The number of rotatable bonds is 9. The SMILES string of the molecule is CC1=C(c2ccccc2C)C(c2ccc(N(c3ccccc3)c3cccc4c3ccc3c(N)c(N(CC5=CCCC=C5)c5ccccc5)ccc34)cc2)=CCC1. The van der Waals surface area contributed by atoms with E-state index in [1.165, 1.54) is 49.8 Å². The van der Waals surface area contributed by atoms with E-state index >= 15 is 0 Å². The van der Waals surface area contributed by atoms with E-state index < -0.39 is 0 Å². The summed E-state index contributed by atoms with van der Waals surface area (Å²) in [7, 11) is 0. The number of nitrogens with zero attached hydrogens (tertiary/aromatic N) is 2. The fraction of sp³-hybridized carbons (Fsp3) is 0.132. The van der Waals surface area contributed by atoms with Crippen molar-refractivity contribution in [2.24, 2.45) is 0 Å². The molecule has 2 aliphatic rings. The average Bonchev–Trinajstić information content (AvgIpc) is 3.25. The van der Waals surface area contributed by atoms with Crippen LogP contribution >= 0.6 is 0 Å². The molecule has 7 aromatic rings. The average molecular weight is 726 g/mol. The molecule has 0 aromatic heterocycles. The molecule has 2 N–H and O–H groups in total. The molecule has 0 amide bonds. The highest BCUT2D eigenvalue weighted by Gasteiger charge is 2.22. The molecule has 7 aromatic carbocycles. The second kappa shape index (κ2) is 15.3. The molecular formula is C53H47N3. The van der Waals surface area contributed by atoms with Crippen LogP contribution in [0, 0.1) is 6.92 Å². The van der Waals surface area contributed by atoms with Gasteiger partial charge in [0.25, 0.3) is 0 Å². The largest absolute Gasteiger partial charge is 0.397 e. The Morgan fingerprint density at radius 3 is 1.96 bits per heavy atom. The normalized spacial score (nSPS) is 14.2. The summed E-state index contributed by atoms with van der Waals surface area (Å²) in [4.78, 5) is 4.74. The highest BCUT2D eigenvalue weighted by atomic mass is 15.1. The Morgan fingerprint density at radius 1 is 0.536 bits per heavy atom. The summed E-state index contributed by atoms with van der Waals surface area (Å²) in [6.07, 6.45) is 13.6. The van der Waals surface area contributed by atoms with Gasteiger partial charge in [-0.3, -0.25) is 0 Å². The van der Waals surface area contributed by atoms with Crippen LogP contribution in [-0.4, -0.2) is 6.54 Å². The van der Waals surface area contributed by atoms with E-state index in [9.17, 15) is 0 Å². The number of nitrogens with two attached hydrogens (primary N) is 1. The van der Waals surface area contributed by atoms with Gasteiger partial charge in [0.05, 0.1) is 17.1 Å². The summed E-state index contributed by atoms with van der Waals surface area (Å²) < 4.78 is 0. The van der Waals surface area contributed by atoms with Crippen LogP contribution in [0.1, 0.15) is 49.3 Å². The summed E-state index contributed by atoms with van der Waals surface area (Å²) in [5.74, 6) is 0. The minimum Gasteiger partial charge on any atom is -0.397 e. The maximum atomic E-state index is 7.18.